The molecule has 0 N–H and O–H groups in total. The van der Waals surface area contributed by atoms with Crippen molar-refractivity contribution in [2.24, 2.45) is 34.5 Å². The van der Waals surface area contributed by atoms with Gasteiger partial charge in [-0.3, -0.25) is 9.59 Å². The highest BCUT2D eigenvalue weighted by atomic mass is 16.5. The second-order valence-electron chi connectivity index (χ2n) is 9.32. The molecule has 138 valence electrons. The maximum atomic E-state index is 12.3. The summed E-state index contributed by atoms with van der Waals surface area (Å²) in [5.74, 6) is 2.11. The molecule has 4 aliphatic rings. The summed E-state index contributed by atoms with van der Waals surface area (Å²) in [6.45, 7) is 4.70. The van der Waals surface area contributed by atoms with Gasteiger partial charge in [-0.05, 0) is 67.8 Å². The fourth-order valence-electron chi connectivity index (χ4n) is 7.27. The first-order valence-electron chi connectivity index (χ1n) is 9.87. The second kappa shape index (κ2) is 5.59. The molecule has 7 atom stereocenters. The van der Waals surface area contributed by atoms with E-state index in [-0.39, 0.29) is 28.6 Å². The number of rotatable bonds is 1. The van der Waals surface area contributed by atoms with E-state index in [1.54, 1.807) is 6.08 Å². The van der Waals surface area contributed by atoms with Crippen LogP contribution in [0.2, 0.25) is 0 Å². The Morgan fingerprint density at radius 3 is 2.64 bits per heavy atom. The van der Waals surface area contributed by atoms with E-state index < -0.39 is 0 Å². The van der Waals surface area contributed by atoms with Gasteiger partial charge in [0.25, 0.3) is 0 Å². The van der Waals surface area contributed by atoms with Gasteiger partial charge < -0.3 is 9.64 Å². The topological polar surface area (TPSA) is 46.6 Å². The molecule has 0 aromatic rings. The molecule has 0 saturated heterocycles. The van der Waals surface area contributed by atoms with Crippen molar-refractivity contribution >= 4 is 11.9 Å². The molecule has 7 unspecified atom stereocenters. The summed E-state index contributed by atoms with van der Waals surface area (Å²) < 4.78 is 5.12. The average Bonchev–Trinajstić information content (AvgIpc) is 2.95. The SMILES string of the molecule is COC(=O)C1CCC2C3CCC4N(C)C(=O)C=CC4(C)C3CCC12C. The Labute approximate surface area is 151 Å². The molecule has 3 saturated carbocycles. The van der Waals surface area contributed by atoms with E-state index >= 15 is 0 Å². The molecule has 1 heterocycles. The lowest BCUT2D eigenvalue weighted by Crippen LogP contribution is -2.59. The summed E-state index contributed by atoms with van der Waals surface area (Å²) in [4.78, 5) is 26.4. The van der Waals surface area contributed by atoms with E-state index in [1.807, 2.05) is 11.9 Å². The smallest absolute Gasteiger partial charge is 0.309 e. The molecule has 1 amide bonds. The zero-order valence-electron chi connectivity index (χ0n) is 16.0. The van der Waals surface area contributed by atoms with Crippen LogP contribution in [0.3, 0.4) is 0 Å². The Morgan fingerprint density at radius 2 is 1.92 bits per heavy atom. The first-order chi connectivity index (χ1) is 11.8. The van der Waals surface area contributed by atoms with Crippen molar-refractivity contribution in [2.75, 3.05) is 14.2 Å². The van der Waals surface area contributed by atoms with Crippen LogP contribution in [0.15, 0.2) is 12.2 Å². The van der Waals surface area contributed by atoms with Gasteiger partial charge in [-0.25, -0.2) is 0 Å². The fourth-order valence-corrected chi connectivity index (χ4v) is 7.27. The van der Waals surface area contributed by atoms with Crippen LogP contribution >= 0.6 is 0 Å². The Hall–Kier alpha value is -1.32. The molecule has 0 aromatic carbocycles. The number of carbonyl (C=O) groups excluding carboxylic acids is 2. The summed E-state index contributed by atoms with van der Waals surface area (Å²) in [6, 6.07) is 0.327. The van der Waals surface area contributed by atoms with Crippen LogP contribution < -0.4 is 0 Å². The summed E-state index contributed by atoms with van der Waals surface area (Å²) in [5, 5.41) is 0. The Balaban J connectivity index is 1.65. The molecule has 0 spiro atoms. The number of carbonyl (C=O) groups is 2. The normalized spacial score (nSPS) is 48.6. The largest absolute Gasteiger partial charge is 0.469 e. The number of hydrogen-bond acceptors (Lipinski definition) is 3. The lowest BCUT2D eigenvalue weighted by Gasteiger charge is -2.60. The summed E-state index contributed by atoms with van der Waals surface area (Å²) in [7, 11) is 3.49. The third kappa shape index (κ3) is 2.18. The van der Waals surface area contributed by atoms with Gasteiger partial charge in [0.1, 0.15) is 0 Å². The molecule has 3 aliphatic carbocycles. The molecule has 0 bridgehead atoms. The quantitative estimate of drug-likeness (QED) is 0.684. The molecule has 4 nitrogen and oxygen atoms in total. The summed E-state index contributed by atoms with van der Waals surface area (Å²) in [5.41, 5.74) is 0.174. The van der Waals surface area contributed by atoms with E-state index in [0.29, 0.717) is 23.8 Å². The Kier molecular flexibility index (Phi) is 3.82. The maximum absolute atomic E-state index is 12.3. The minimum Gasteiger partial charge on any atom is -0.469 e. The molecule has 25 heavy (non-hydrogen) atoms. The number of likely N-dealkylation sites (N-methyl/N-ethyl adjacent to an activating group) is 1. The van der Waals surface area contributed by atoms with Gasteiger partial charge in [0.15, 0.2) is 0 Å². The number of hydrogen-bond donors (Lipinski definition) is 0. The lowest BCUT2D eigenvalue weighted by molar-refractivity contribution is -0.155. The van der Waals surface area contributed by atoms with E-state index in [4.69, 9.17) is 4.74 Å². The average molecular weight is 345 g/mol. The number of ether oxygens (including phenoxy) is 1. The molecule has 4 rings (SSSR count). The maximum Gasteiger partial charge on any atom is 0.309 e. The molecule has 0 aromatic heterocycles. The van der Waals surface area contributed by atoms with Crippen LogP contribution in [-0.2, 0) is 14.3 Å². The number of nitrogens with zero attached hydrogens (tertiary/aromatic N) is 1. The number of fused-ring (bicyclic) bond motifs is 5. The van der Waals surface area contributed by atoms with Crippen molar-refractivity contribution < 1.29 is 14.3 Å². The minimum atomic E-state index is -0.00811. The first kappa shape index (κ1) is 17.1. The highest BCUT2D eigenvalue weighted by Crippen LogP contribution is 2.65. The zero-order valence-corrected chi connectivity index (χ0v) is 16.0. The third-order valence-electron chi connectivity index (χ3n) is 8.61. The van der Waals surface area contributed by atoms with Gasteiger partial charge in [0, 0.05) is 18.5 Å². The number of esters is 1. The zero-order chi connectivity index (χ0) is 18.0. The summed E-state index contributed by atoms with van der Waals surface area (Å²) >= 11 is 0. The van der Waals surface area contributed by atoms with Crippen molar-refractivity contribution in [2.45, 2.75) is 58.4 Å². The molecular weight excluding hydrogens is 314 g/mol. The highest BCUT2D eigenvalue weighted by Gasteiger charge is 2.61. The molecule has 4 heteroatoms. The second-order valence-corrected chi connectivity index (χ2v) is 9.32. The number of methoxy groups -OCH3 is 1. The van der Waals surface area contributed by atoms with Crippen LogP contribution in [0.25, 0.3) is 0 Å². The van der Waals surface area contributed by atoms with Crippen molar-refractivity contribution in [3.05, 3.63) is 12.2 Å². The van der Waals surface area contributed by atoms with Crippen LogP contribution in [0.5, 0.6) is 0 Å². The lowest BCUT2D eigenvalue weighted by atomic mass is 9.47. The fraction of sp³-hybridized carbons (Fsp3) is 0.810. The molecule has 1 aliphatic heterocycles. The van der Waals surface area contributed by atoms with Crippen molar-refractivity contribution in [1.29, 1.82) is 0 Å². The molecule has 0 radical (unpaired) electrons. The van der Waals surface area contributed by atoms with Gasteiger partial charge in [-0.2, -0.15) is 0 Å². The Bertz CT molecular complexity index is 629. The van der Waals surface area contributed by atoms with E-state index in [0.717, 1.165) is 32.1 Å². The van der Waals surface area contributed by atoms with Crippen LogP contribution in [-0.4, -0.2) is 37.0 Å². The predicted molar refractivity (Wildman–Crippen MR) is 95.6 cm³/mol. The Morgan fingerprint density at radius 1 is 1.16 bits per heavy atom. The van der Waals surface area contributed by atoms with Gasteiger partial charge >= 0.3 is 5.97 Å². The standard InChI is InChI=1S/C21H31NO3/c1-20-11-9-15-13(14(20)6-7-16(20)19(24)25-4)5-8-17-21(15,2)12-10-18(23)22(17)3/h10,12-17H,5-9,11H2,1-4H3. The van der Waals surface area contributed by atoms with Gasteiger partial charge in [0.05, 0.1) is 13.0 Å². The number of amides is 1. The van der Waals surface area contributed by atoms with Gasteiger partial charge in [0.2, 0.25) is 5.91 Å². The van der Waals surface area contributed by atoms with Crippen LogP contribution in [0.4, 0.5) is 0 Å². The van der Waals surface area contributed by atoms with Crippen molar-refractivity contribution in [1.82, 2.24) is 4.90 Å². The van der Waals surface area contributed by atoms with Gasteiger partial charge in [-0.1, -0.05) is 19.9 Å². The van der Waals surface area contributed by atoms with Crippen molar-refractivity contribution in [3.63, 3.8) is 0 Å². The predicted octanol–water partition coefficient (Wildman–Crippen LogP) is 3.42. The van der Waals surface area contributed by atoms with Crippen LogP contribution in [0.1, 0.15) is 52.4 Å². The minimum absolute atomic E-state index is 0.00811. The van der Waals surface area contributed by atoms with Gasteiger partial charge in [-0.15, -0.1) is 0 Å². The van der Waals surface area contributed by atoms with E-state index in [2.05, 4.69) is 19.9 Å². The molecule has 3 fully saturated rings. The van der Waals surface area contributed by atoms with Crippen LogP contribution in [0, 0.1) is 34.5 Å². The third-order valence-corrected chi connectivity index (χ3v) is 8.61. The summed E-state index contributed by atoms with van der Waals surface area (Å²) in [6.07, 6.45) is 10.7. The monoisotopic (exact) mass is 345 g/mol. The van der Waals surface area contributed by atoms with E-state index in [9.17, 15) is 9.59 Å². The van der Waals surface area contributed by atoms with E-state index in [1.165, 1.54) is 13.5 Å². The molecular formula is C21H31NO3. The highest BCUT2D eigenvalue weighted by molar-refractivity contribution is 5.89. The van der Waals surface area contributed by atoms with Crippen molar-refractivity contribution in [3.8, 4) is 0 Å². The first-order valence-corrected chi connectivity index (χ1v) is 9.87.